The van der Waals surface area contributed by atoms with Crippen LogP contribution in [-0.4, -0.2) is 12.2 Å². The first-order chi connectivity index (χ1) is 9.51. The third-order valence-electron chi connectivity index (χ3n) is 2.79. The van der Waals surface area contributed by atoms with Crippen molar-refractivity contribution in [3.63, 3.8) is 0 Å². The molecule has 1 unspecified atom stereocenters. The molecule has 0 radical (unpaired) electrons. The molecule has 2 aromatic rings. The number of halogens is 2. The van der Waals surface area contributed by atoms with Crippen molar-refractivity contribution >= 4 is 27.5 Å². The van der Waals surface area contributed by atoms with Crippen LogP contribution in [0.1, 0.15) is 18.6 Å². The van der Waals surface area contributed by atoms with Crippen molar-refractivity contribution in [2.45, 2.75) is 13.0 Å². The molecule has 0 aliphatic rings. The predicted octanol–water partition coefficient (Wildman–Crippen LogP) is 4.96. The Kier molecular flexibility index (Phi) is 4.91. The summed E-state index contributed by atoms with van der Waals surface area (Å²) in [5.74, 6) is 2.00. The highest BCUT2D eigenvalue weighted by atomic mass is 79.9. The van der Waals surface area contributed by atoms with E-state index in [1.807, 2.05) is 12.1 Å². The first kappa shape index (κ1) is 15.2. The summed E-state index contributed by atoms with van der Waals surface area (Å²) in [6.45, 7) is 1.67. The quantitative estimate of drug-likeness (QED) is 0.841. The van der Waals surface area contributed by atoms with Gasteiger partial charge in [0.25, 0.3) is 0 Å². The van der Waals surface area contributed by atoms with Gasteiger partial charge < -0.3 is 14.6 Å². The highest BCUT2D eigenvalue weighted by Gasteiger charge is 2.09. The summed E-state index contributed by atoms with van der Waals surface area (Å²) in [7, 11) is 1.61. The van der Waals surface area contributed by atoms with Crippen molar-refractivity contribution in [1.82, 2.24) is 0 Å². The van der Waals surface area contributed by atoms with Crippen LogP contribution in [0.2, 0.25) is 5.02 Å². The number of aliphatic hydroxyl groups excluding tert-OH is 1. The van der Waals surface area contributed by atoms with Crippen LogP contribution in [0.25, 0.3) is 0 Å². The summed E-state index contributed by atoms with van der Waals surface area (Å²) in [6.07, 6.45) is -0.607. The molecule has 0 aliphatic carbocycles. The minimum atomic E-state index is -0.607. The van der Waals surface area contributed by atoms with Gasteiger partial charge in [-0.25, -0.2) is 0 Å². The molecule has 2 aromatic carbocycles. The number of hydrogen-bond acceptors (Lipinski definition) is 3. The molecular weight excluding hydrogens is 344 g/mol. The second-order valence-electron chi connectivity index (χ2n) is 4.26. The van der Waals surface area contributed by atoms with Crippen LogP contribution in [0.15, 0.2) is 40.9 Å². The summed E-state index contributed by atoms with van der Waals surface area (Å²) in [5.41, 5.74) is 0.674. The maximum Gasteiger partial charge on any atom is 0.141 e. The van der Waals surface area contributed by atoms with Crippen LogP contribution < -0.4 is 9.47 Å². The van der Waals surface area contributed by atoms with E-state index in [-0.39, 0.29) is 0 Å². The molecule has 3 nitrogen and oxygen atoms in total. The minimum Gasteiger partial charge on any atom is -0.497 e. The van der Waals surface area contributed by atoms with E-state index in [1.165, 1.54) is 0 Å². The van der Waals surface area contributed by atoms with E-state index in [9.17, 15) is 5.11 Å². The minimum absolute atomic E-state index is 0.474. The summed E-state index contributed by atoms with van der Waals surface area (Å²) in [5, 5.41) is 10.0. The summed E-state index contributed by atoms with van der Waals surface area (Å²) >= 11 is 9.53. The van der Waals surface area contributed by atoms with Gasteiger partial charge >= 0.3 is 0 Å². The lowest BCUT2D eigenvalue weighted by Crippen LogP contribution is -1.93. The number of ether oxygens (including phenoxy) is 2. The third kappa shape index (κ3) is 3.45. The predicted molar refractivity (Wildman–Crippen MR) is 82.9 cm³/mol. The molecule has 0 saturated carbocycles. The molecule has 0 heterocycles. The van der Waals surface area contributed by atoms with Crippen LogP contribution in [-0.2, 0) is 0 Å². The van der Waals surface area contributed by atoms with Gasteiger partial charge in [0.1, 0.15) is 17.2 Å². The van der Waals surface area contributed by atoms with E-state index >= 15 is 0 Å². The van der Waals surface area contributed by atoms with Gasteiger partial charge in [0, 0.05) is 0 Å². The van der Waals surface area contributed by atoms with Crippen molar-refractivity contribution < 1.29 is 14.6 Å². The molecule has 0 fully saturated rings. The van der Waals surface area contributed by atoms with Crippen molar-refractivity contribution in [1.29, 1.82) is 0 Å². The Hall–Kier alpha value is -1.23. The molecule has 0 amide bonds. The SMILES string of the molecule is COc1ccc(Oc2ccc(C(C)O)c(Cl)c2)c(Br)c1. The molecular formula is C15H14BrClO3. The van der Waals surface area contributed by atoms with Crippen molar-refractivity contribution in [2.24, 2.45) is 0 Å². The standard InChI is InChI=1S/C15H14BrClO3/c1-9(18)12-5-3-11(8-14(12)17)20-15-6-4-10(19-2)7-13(15)16/h3-9,18H,1-2H3. The molecule has 20 heavy (non-hydrogen) atoms. The second kappa shape index (κ2) is 6.48. The topological polar surface area (TPSA) is 38.7 Å². The van der Waals surface area contributed by atoms with E-state index in [2.05, 4.69) is 15.9 Å². The summed E-state index contributed by atoms with van der Waals surface area (Å²) < 4.78 is 11.7. The Morgan fingerprint density at radius 2 is 1.85 bits per heavy atom. The van der Waals surface area contributed by atoms with E-state index in [4.69, 9.17) is 21.1 Å². The molecule has 0 spiro atoms. The Morgan fingerprint density at radius 3 is 2.40 bits per heavy atom. The number of benzene rings is 2. The van der Waals surface area contributed by atoms with Crippen LogP contribution in [0.5, 0.6) is 17.2 Å². The molecule has 0 aliphatic heterocycles. The largest absolute Gasteiger partial charge is 0.497 e. The average molecular weight is 358 g/mol. The highest BCUT2D eigenvalue weighted by molar-refractivity contribution is 9.10. The maximum absolute atomic E-state index is 9.54. The Labute approximate surface area is 131 Å². The lowest BCUT2D eigenvalue weighted by molar-refractivity contribution is 0.199. The Morgan fingerprint density at radius 1 is 1.15 bits per heavy atom. The highest BCUT2D eigenvalue weighted by Crippen LogP contribution is 2.34. The van der Waals surface area contributed by atoms with Gasteiger partial charge in [-0.05, 0) is 58.7 Å². The Balaban J connectivity index is 2.24. The van der Waals surface area contributed by atoms with Gasteiger partial charge in [-0.2, -0.15) is 0 Å². The molecule has 0 aromatic heterocycles. The lowest BCUT2D eigenvalue weighted by atomic mass is 10.1. The Bertz CT molecular complexity index is 614. The fourth-order valence-corrected chi connectivity index (χ4v) is 2.50. The van der Waals surface area contributed by atoms with Gasteiger partial charge in [-0.1, -0.05) is 17.7 Å². The lowest BCUT2D eigenvalue weighted by Gasteiger charge is -2.12. The zero-order chi connectivity index (χ0) is 14.7. The van der Waals surface area contributed by atoms with Gasteiger partial charge in [0.15, 0.2) is 0 Å². The number of aliphatic hydroxyl groups is 1. The molecule has 1 N–H and O–H groups in total. The first-order valence-corrected chi connectivity index (χ1v) is 7.17. The van der Waals surface area contributed by atoms with E-state index in [0.717, 1.165) is 10.2 Å². The number of methoxy groups -OCH3 is 1. The van der Waals surface area contributed by atoms with Gasteiger partial charge in [0.2, 0.25) is 0 Å². The first-order valence-electron chi connectivity index (χ1n) is 6.00. The van der Waals surface area contributed by atoms with Crippen molar-refractivity contribution in [3.8, 4) is 17.2 Å². The van der Waals surface area contributed by atoms with Gasteiger partial charge in [-0.15, -0.1) is 0 Å². The van der Waals surface area contributed by atoms with E-state index < -0.39 is 6.10 Å². The van der Waals surface area contributed by atoms with Crippen LogP contribution in [0.3, 0.4) is 0 Å². The average Bonchev–Trinajstić information content (AvgIpc) is 2.40. The monoisotopic (exact) mass is 356 g/mol. The molecule has 106 valence electrons. The van der Waals surface area contributed by atoms with E-state index in [0.29, 0.717) is 22.1 Å². The normalized spacial score (nSPS) is 12.1. The van der Waals surface area contributed by atoms with Crippen LogP contribution in [0, 0.1) is 0 Å². The summed E-state index contributed by atoms with van der Waals surface area (Å²) in [6, 6.07) is 10.6. The van der Waals surface area contributed by atoms with Crippen LogP contribution in [0.4, 0.5) is 0 Å². The smallest absolute Gasteiger partial charge is 0.141 e. The fourth-order valence-electron chi connectivity index (χ4n) is 1.73. The zero-order valence-corrected chi connectivity index (χ0v) is 13.4. The third-order valence-corrected chi connectivity index (χ3v) is 3.74. The molecule has 0 bridgehead atoms. The maximum atomic E-state index is 9.54. The zero-order valence-electron chi connectivity index (χ0n) is 11.1. The molecule has 5 heteroatoms. The summed E-state index contributed by atoms with van der Waals surface area (Å²) in [4.78, 5) is 0. The van der Waals surface area contributed by atoms with E-state index in [1.54, 1.807) is 38.3 Å². The van der Waals surface area contributed by atoms with Crippen molar-refractivity contribution in [2.75, 3.05) is 7.11 Å². The number of hydrogen-bond donors (Lipinski definition) is 1. The molecule has 1 atom stereocenters. The van der Waals surface area contributed by atoms with Gasteiger partial charge in [0.05, 0.1) is 22.7 Å². The second-order valence-corrected chi connectivity index (χ2v) is 5.52. The van der Waals surface area contributed by atoms with Gasteiger partial charge in [-0.3, -0.25) is 0 Å². The fraction of sp³-hybridized carbons (Fsp3) is 0.200. The van der Waals surface area contributed by atoms with Crippen molar-refractivity contribution in [3.05, 3.63) is 51.5 Å². The van der Waals surface area contributed by atoms with Crippen LogP contribution >= 0.6 is 27.5 Å². The molecule has 2 rings (SSSR count). The molecule has 0 saturated heterocycles. The number of rotatable bonds is 4.